The molecule has 0 heterocycles. The normalized spacial score (nSPS) is 11.9. The Kier molecular flexibility index (Phi) is 8.57. The minimum atomic E-state index is -3.12. The molecule has 0 bridgehead atoms. The smallest absolute Gasteiger partial charge is 0.237 e. The Bertz CT molecular complexity index is 796. The summed E-state index contributed by atoms with van der Waals surface area (Å²) in [5.74, 6) is 0.979. The van der Waals surface area contributed by atoms with Gasteiger partial charge in [-0.05, 0) is 36.2 Å². The van der Waals surface area contributed by atoms with Gasteiger partial charge in [-0.1, -0.05) is 30.3 Å². The molecule has 0 saturated carbocycles. The van der Waals surface area contributed by atoms with Crippen molar-refractivity contribution in [3.8, 4) is 11.5 Å². The van der Waals surface area contributed by atoms with E-state index in [4.69, 9.17) is 10.5 Å². The zero-order chi connectivity index (χ0) is 18.3. The topological polar surface area (TPSA) is 98.5 Å². The number of ether oxygens (including phenoxy) is 1. The third-order valence-corrected chi connectivity index (χ3v) is 4.48. The highest BCUT2D eigenvalue weighted by atomic mass is 35.5. The molecule has 2 aromatic rings. The van der Waals surface area contributed by atoms with Crippen LogP contribution < -0.4 is 15.8 Å². The number of nitrogens with two attached hydrogens (primary N) is 1. The highest BCUT2D eigenvalue weighted by molar-refractivity contribution is 7.90. The van der Waals surface area contributed by atoms with Crippen LogP contribution in [0.1, 0.15) is 12.0 Å². The summed E-state index contributed by atoms with van der Waals surface area (Å²) in [5.41, 5.74) is 6.59. The molecule has 26 heavy (non-hydrogen) atoms. The van der Waals surface area contributed by atoms with Crippen LogP contribution in [0.4, 0.5) is 0 Å². The van der Waals surface area contributed by atoms with E-state index in [-0.39, 0.29) is 30.5 Å². The number of halogens is 1. The van der Waals surface area contributed by atoms with Crippen LogP contribution in [0.3, 0.4) is 0 Å². The monoisotopic (exact) mass is 398 g/mol. The molecule has 3 N–H and O–H groups in total. The number of hydrogen-bond donors (Lipinski definition) is 2. The van der Waals surface area contributed by atoms with E-state index in [0.717, 1.165) is 17.6 Å². The number of sulfone groups is 1. The van der Waals surface area contributed by atoms with Crippen LogP contribution in [0.2, 0.25) is 0 Å². The van der Waals surface area contributed by atoms with Crippen molar-refractivity contribution in [3.63, 3.8) is 0 Å². The van der Waals surface area contributed by atoms with Gasteiger partial charge in [0.2, 0.25) is 5.91 Å². The first-order valence-corrected chi connectivity index (χ1v) is 9.92. The first-order valence-electron chi connectivity index (χ1n) is 7.86. The van der Waals surface area contributed by atoms with Gasteiger partial charge < -0.3 is 15.8 Å². The van der Waals surface area contributed by atoms with Gasteiger partial charge in [-0.15, -0.1) is 12.4 Å². The van der Waals surface area contributed by atoms with Gasteiger partial charge in [-0.3, -0.25) is 4.79 Å². The quantitative estimate of drug-likeness (QED) is 0.710. The van der Waals surface area contributed by atoms with Crippen molar-refractivity contribution >= 4 is 28.2 Å². The maximum absolute atomic E-state index is 11.9. The van der Waals surface area contributed by atoms with Gasteiger partial charge in [0.05, 0.1) is 11.8 Å². The lowest BCUT2D eigenvalue weighted by atomic mass is 10.2. The molecule has 6 nitrogen and oxygen atoms in total. The second kappa shape index (κ2) is 10.2. The van der Waals surface area contributed by atoms with E-state index in [2.05, 4.69) is 5.32 Å². The first-order chi connectivity index (χ1) is 11.8. The molecule has 142 valence electrons. The summed E-state index contributed by atoms with van der Waals surface area (Å²) in [6.07, 6.45) is 1.23. The summed E-state index contributed by atoms with van der Waals surface area (Å²) >= 11 is 0. The number of nitrogens with one attached hydrogen (secondary N) is 1. The van der Waals surface area contributed by atoms with Gasteiger partial charge in [-0.25, -0.2) is 8.42 Å². The van der Waals surface area contributed by atoms with E-state index in [1.165, 1.54) is 0 Å². The standard InChI is InChI=1S/C18H22N2O4S.ClH/c1-25(22,23)12-11-17(19)18(21)20-13-14-7-9-16(10-8-14)24-15-5-3-2-4-6-15;/h2-10,17H,11-13,19H2,1H3,(H,20,21);1H. The number of rotatable bonds is 8. The van der Waals surface area contributed by atoms with E-state index in [1.54, 1.807) is 0 Å². The summed E-state index contributed by atoms with van der Waals surface area (Å²) in [4.78, 5) is 11.9. The van der Waals surface area contributed by atoms with Crippen molar-refractivity contribution in [2.75, 3.05) is 12.0 Å². The van der Waals surface area contributed by atoms with Crippen LogP contribution in [0.25, 0.3) is 0 Å². The molecule has 2 aromatic carbocycles. The van der Waals surface area contributed by atoms with Crippen molar-refractivity contribution < 1.29 is 17.9 Å². The summed E-state index contributed by atoms with van der Waals surface area (Å²) in [5, 5.41) is 2.70. The molecule has 1 unspecified atom stereocenters. The average Bonchev–Trinajstić information content (AvgIpc) is 2.59. The van der Waals surface area contributed by atoms with Gasteiger partial charge >= 0.3 is 0 Å². The van der Waals surface area contributed by atoms with Gasteiger partial charge in [0, 0.05) is 12.8 Å². The van der Waals surface area contributed by atoms with E-state index < -0.39 is 15.9 Å². The Hall–Kier alpha value is -2.09. The molecular weight excluding hydrogens is 376 g/mol. The van der Waals surface area contributed by atoms with Crippen molar-refractivity contribution in [3.05, 3.63) is 60.2 Å². The number of amides is 1. The third-order valence-electron chi connectivity index (χ3n) is 3.51. The molecule has 0 radical (unpaired) electrons. The summed E-state index contributed by atoms with van der Waals surface area (Å²) < 4.78 is 27.9. The average molecular weight is 399 g/mol. The van der Waals surface area contributed by atoms with Crippen LogP contribution in [0, 0.1) is 0 Å². The van der Waals surface area contributed by atoms with Crippen molar-refractivity contribution in [2.24, 2.45) is 5.73 Å². The zero-order valence-corrected chi connectivity index (χ0v) is 16.1. The van der Waals surface area contributed by atoms with Gasteiger partial charge in [0.1, 0.15) is 21.3 Å². The van der Waals surface area contributed by atoms with E-state index >= 15 is 0 Å². The Labute approximate surface area is 160 Å². The van der Waals surface area contributed by atoms with E-state index in [9.17, 15) is 13.2 Å². The van der Waals surface area contributed by atoms with Crippen LogP contribution in [-0.4, -0.2) is 32.4 Å². The molecule has 1 amide bonds. The Balaban J connectivity index is 0.00000338. The maximum Gasteiger partial charge on any atom is 0.237 e. The van der Waals surface area contributed by atoms with Crippen molar-refractivity contribution in [1.82, 2.24) is 5.32 Å². The fraction of sp³-hybridized carbons (Fsp3) is 0.278. The van der Waals surface area contributed by atoms with Crippen molar-refractivity contribution in [2.45, 2.75) is 19.0 Å². The molecule has 0 aliphatic heterocycles. The Morgan fingerprint density at radius 3 is 2.23 bits per heavy atom. The molecule has 0 aliphatic carbocycles. The zero-order valence-electron chi connectivity index (χ0n) is 14.4. The molecule has 0 saturated heterocycles. The second-order valence-electron chi connectivity index (χ2n) is 5.80. The molecule has 8 heteroatoms. The Morgan fingerprint density at radius 2 is 1.65 bits per heavy atom. The van der Waals surface area contributed by atoms with E-state index in [1.807, 2.05) is 54.6 Å². The number of carbonyl (C=O) groups excluding carboxylic acids is 1. The van der Waals surface area contributed by atoms with Crippen LogP contribution in [-0.2, 0) is 21.2 Å². The Morgan fingerprint density at radius 1 is 1.08 bits per heavy atom. The molecule has 0 aliphatic rings. The fourth-order valence-electron chi connectivity index (χ4n) is 2.09. The fourth-order valence-corrected chi connectivity index (χ4v) is 2.77. The molecular formula is C18H23ClN2O4S. The highest BCUT2D eigenvalue weighted by Crippen LogP contribution is 2.21. The minimum absolute atomic E-state index is 0. The predicted octanol–water partition coefficient (Wildman–Crippen LogP) is 2.28. The van der Waals surface area contributed by atoms with Crippen molar-refractivity contribution in [1.29, 1.82) is 0 Å². The lowest BCUT2D eigenvalue weighted by molar-refractivity contribution is -0.122. The molecule has 0 fully saturated rings. The predicted molar refractivity (Wildman–Crippen MR) is 104 cm³/mol. The SMILES string of the molecule is CS(=O)(=O)CCC(N)C(=O)NCc1ccc(Oc2ccccc2)cc1.Cl. The summed E-state index contributed by atoms with van der Waals surface area (Å²) in [7, 11) is -3.12. The molecule has 0 spiro atoms. The third kappa shape index (κ3) is 7.86. The largest absolute Gasteiger partial charge is 0.457 e. The maximum atomic E-state index is 11.9. The number of hydrogen-bond acceptors (Lipinski definition) is 5. The number of benzene rings is 2. The van der Waals surface area contributed by atoms with Gasteiger partial charge in [0.15, 0.2) is 0 Å². The summed E-state index contributed by atoms with van der Waals surface area (Å²) in [6.45, 7) is 0.316. The minimum Gasteiger partial charge on any atom is -0.457 e. The van der Waals surface area contributed by atoms with Gasteiger partial charge in [-0.2, -0.15) is 0 Å². The first kappa shape index (κ1) is 22.0. The van der Waals surface area contributed by atoms with Gasteiger partial charge in [0.25, 0.3) is 0 Å². The molecule has 0 aromatic heterocycles. The molecule has 2 rings (SSSR count). The second-order valence-corrected chi connectivity index (χ2v) is 8.06. The number of carbonyl (C=O) groups is 1. The lowest BCUT2D eigenvalue weighted by Crippen LogP contribution is -2.41. The lowest BCUT2D eigenvalue weighted by Gasteiger charge is -2.12. The number of para-hydroxylation sites is 1. The van der Waals surface area contributed by atoms with Crippen LogP contribution in [0.15, 0.2) is 54.6 Å². The van der Waals surface area contributed by atoms with Crippen LogP contribution in [0.5, 0.6) is 11.5 Å². The molecule has 1 atom stereocenters. The van der Waals surface area contributed by atoms with Crippen LogP contribution >= 0.6 is 12.4 Å². The van der Waals surface area contributed by atoms with E-state index in [0.29, 0.717) is 12.3 Å². The highest BCUT2D eigenvalue weighted by Gasteiger charge is 2.15. The summed E-state index contributed by atoms with van der Waals surface area (Å²) in [6, 6.07) is 15.9.